The highest BCUT2D eigenvalue weighted by Crippen LogP contribution is 2.96. The molecule has 6 rings (SSSR count). The summed E-state index contributed by atoms with van der Waals surface area (Å²) in [5.74, 6) is 0. The normalized spacial score (nSPS) is 62.1. The van der Waals surface area contributed by atoms with Crippen LogP contribution >= 0.6 is 0 Å². The molecule has 5 aliphatic carbocycles. The molecule has 0 bridgehead atoms. The number of rotatable bonds is 0. The Labute approximate surface area is 103 Å². The van der Waals surface area contributed by atoms with Gasteiger partial charge in [0.05, 0.1) is 12.2 Å². The summed E-state index contributed by atoms with van der Waals surface area (Å²) < 4.78 is 6.22. The fourth-order valence-electron chi connectivity index (χ4n) is 8.04. The van der Waals surface area contributed by atoms with Crippen molar-refractivity contribution in [2.75, 3.05) is 6.61 Å². The van der Waals surface area contributed by atoms with Crippen LogP contribution in [0.15, 0.2) is 0 Å². The van der Waals surface area contributed by atoms with Crippen molar-refractivity contribution >= 4 is 0 Å². The molecule has 17 heavy (non-hydrogen) atoms. The van der Waals surface area contributed by atoms with Crippen molar-refractivity contribution in [3.05, 3.63) is 0 Å². The summed E-state index contributed by atoms with van der Waals surface area (Å²) >= 11 is 0. The minimum atomic E-state index is 0.410. The Morgan fingerprint density at radius 1 is 0.529 bits per heavy atom. The predicted molar refractivity (Wildman–Crippen MR) is 64.6 cm³/mol. The number of epoxide rings is 1. The Balaban J connectivity index is 1.72. The van der Waals surface area contributed by atoms with Crippen LogP contribution in [0.5, 0.6) is 0 Å². The highest BCUT2D eigenvalue weighted by atomic mass is 16.6. The summed E-state index contributed by atoms with van der Waals surface area (Å²) in [5.41, 5.74) is 3.43. The van der Waals surface area contributed by atoms with E-state index in [1.54, 1.807) is 51.4 Å². The van der Waals surface area contributed by atoms with E-state index in [-0.39, 0.29) is 0 Å². The zero-order valence-corrected chi connectivity index (χ0v) is 10.7. The van der Waals surface area contributed by atoms with Crippen LogP contribution in [0.4, 0.5) is 0 Å². The van der Waals surface area contributed by atoms with Gasteiger partial charge in [-0.05, 0) is 80.5 Å². The lowest BCUT2D eigenvalue weighted by atomic mass is 9.55. The van der Waals surface area contributed by atoms with E-state index < -0.39 is 0 Å². The molecule has 5 saturated carbocycles. The van der Waals surface area contributed by atoms with Crippen molar-refractivity contribution in [1.82, 2.24) is 0 Å². The van der Waals surface area contributed by atoms with Crippen molar-refractivity contribution < 1.29 is 4.74 Å². The first-order valence-corrected chi connectivity index (χ1v) is 7.88. The van der Waals surface area contributed by atoms with E-state index in [0.29, 0.717) is 11.0 Å². The standard InChI is InChI=1S/C16H22O/c1-2-12(1)5-7-14-8-6-13(3-4-13)16(12,14)15(10-9-14)11-17-15/h1-11H2. The zero-order valence-electron chi connectivity index (χ0n) is 10.7. The molecule has 0 aromatic carbocycles. The summed E-state index contributed by atoms with van der Waals surface area (Å²) in [4.78, 5) is 0. The topological polar surface area (TPSA) is 12.5 Å². The van der Waals surface area contributed by atoms with Gasteiger partial charge in [0.15, 0.2) is 0 Å². The molecule has 1 saturated heterocycles. The highest BCUT2D eigenvalue weighted by Gasteiger charge is 2.92. The minimum absolute atomic E-state index is 0.410. The van der Waals surface area contributed by atoms with Gasteiger partial charge in [0.2, 0.25) is 0 Å². The van der Waals surface area contributed by atoms with Gasteiger partial charge < -0.3 is 4.74 Å². The van der Waals surface area contributed by atoms with Crippen molar-refractivity contribution in [2.24, 2.45) is 21.7 Å². The predicted octanol–water partition coefficient (Wildman–Crippen LogP) is 3.67. The monoisotopic (exact) mass is 230 g/mol. The molecular formula is C16H22O. The largest absolute Gasteiger partial charge is 0.369 e. The summed E-state index contributed by atoms with van der Waals surface area (Å²) in [6.45, 7) is 1.14. The Morgan fingerprint density at radius 2 is 0.882 bits per heavy atom. The van der Waals surface area contributed by atoms with Gasteiger partial charge in [0, 0.05) is 5.41 Å². The number of hydrogen-bond acceptors (Lipinski definition) is 1. The molecule has 1 heteroatoms. The summed E-state index contributed by atoms with van der Waals surface area (Å²) in [6.07, 6.45) is 15.5. The molecular weight excluding hydrogens is 208 g/mol. The third kappa shape index (κ3) is 0.601. The minimum Gasteiger partial charge on any atom is -0.369 e. The van der Waals surface area contributed by atoms with Crippen molar-refractivity contribution in [3.8, 4) is 0 Å². The molecule has 1 nitrogen and oxygen atoms in total. The molecule has 1 aliphatic heterocycles. The molecule has 6 aliphatic rings. The summed E-state index contributed by atoms with van der Waals surface area (Å²) in [7, 11) is 0. The first-order valence-electron chi connectivity index (χ1n) is 7.88. The van der Waals surface area contributed by atoms with E-state index in [9.17, 15) is 0 Å². The third-order valence-corrected chi connectivity index (χ3v) is 8.44. The number of hydrogen-bond donors (Lipinski definition) is 0. The summed E-state index contributed by atoms with van der Waals surface area (Å²) in [6, 6.07) is 0. The average Bonchev–Trinajstić information content (AvgIpc) is 3.18. The van der Waals surface area contributed by atoms with E-state index in [4.69, 9.17) is 4.74 Å². The van der Waals surface area contributed by atoms with Gasteiger partial charge in [-0.15, -0.1) is 0 Å². The Hall–Kier alpha value is -0.0400. The molecule has 1 heterocycles. The first-order chi connectivity index (χ1) is 8.24. The molecule has 6 fully saturated rings. The van der Waals surface area contributed by atoms with Gasteiger partial charge in [-0.3, -0.25) is 0 Å². The van der Waals surface area contributed by atoms with Crippen molar-refractivity contribution in [3.63, 3.8) is 0 Å². The van der Waals surface area contributed by atoms with Gasteiger partial charge in [0.25, 0.3) is 0 Å². The lowest BCUT2D eigenvalue weighted by molar-refractivity contribution is -0.0382. The quantitative estimate of drug-likeness (QED) is 0.578. The van der Waals surface area contributed by atoms with E-state index in [0.717, 1.165) is 22.9 Å². The average molecular weight is 230 g/mol. The maximum Gasteiger partial charge on any atom is 0.0988 e. The zero-order chi connectivity index (χ0) is 11.0. The van der Waals surface area contributed by atoms with E-state index in [1.165, 1.54) is 12.8 Å². The van der Waals surface area contributed by atoms with Crippen LogP contribution in [0, 0.1) is 21.7 Å². The molecule has 0 N–H and O–H groups in total. The van der Waals surface area contributed by atoms with Crippen LogP contribution in [-0.4, -0.2) is 12.2 Å². The molecule has 0 aromatic rings. The van der Waals surface area contributed by atoms with Crippen molar-refractivity contribution in [2.45, 2.75) is 69.8 Å². The van der Waals surface area contributed by atoms with Gasteiger partial charge in [-0.1, -0.05) is 0 Å². The first kappa shape index (κ1) is 8.96. The molecule has 1 unspecified atom stereocenters. The van der Waals surface area contributed by atoms with E-state index >= 15 is 0 Å². The maximum absolute atomic E-state index is 6.22. The Kier molecular flexibility index (Phi) is 1.07. The molecule has 0 radical (unpaired) electrons. The van der Waals surface area contributed by atoms with Gasteiger partial charge >= 0.3 is 0 Å². The smallest absolute Gasteiger partial charge is 0.0988 e. The van der Waals surface area contributed by atoms with Crippen LogP contribution < -0.4 is 0 Å². The fraction of sp³-hybridized carbons (Fsp3) is 1.00. The van der Waals surface area contributed by atoms with Crippen LogP contribution in [0.1, 0.15) is 64.2 Å². The third-order valence-electron chi connectivity index (χ3n) is 8.44. The Bertz CT molecular complexity index is 374. The molecule has 92 valence electrons. The SMILES string of the molecule is C1CC12CCC13CCC4(CC4)C21C1(CC3)CO1. The van der Waals surface area contributed by atoms with Crippen LogP contribution in [0.25, 0.3) is 0 Å². The molecule has 0 aromatic heterocycles. The molecule has 1 atom stereocenters. The van der Waals surface area contributed by atoms with Crippen LogP contribution in [0.3, 0.4) is 0 Å². The van der Waals surface area contributed by atoms with E-state index in [1.807, 2.05) is 0 Å². The second kappa shape index (κ2) is 2.03. The highest BCUT2D eigenvalue weighted by molar-refractivity contribution is 5.41. The van der Waals surface area contributed by atoms with Crippen LogP contribution in [0.2, 0.25) is 0 Å². The molecule has 0 amide bonds. The molecule has 3 spiro atoms. The number of ether oxygens (including phenoxy) is 1. The van der Waals surface area contributed by atoms with E-state index in [2.05, 4.69) is 0 Å². The maximum atomic E-state index is 6.22. The van der Waals surface area contributed by atoms with Crippen LogP contribution in [-0.2, 0) is 4.74 Å². The second-order valence-electron chi connectivity index (χ2n) is 8.37. The van der Waals surface area contributed by atoms with Crippen molar-refractivity contribution in [1.29, 1.82) is 0 Å². The van der Waals surface area contributed by atoms with Gasteiger partial charge in [0.1, 0.15) is 0 Å². The second-order valence-corrected chi connectivity index (χ2v) is 8.37. The Morgan fingerprint density at radius 3 is 1.24 bits per heavy atom. The fourth-order valence-corrected chi connectivity index (χ4v) is 8.04. The lowest BCUT2D eigenvalue weighted by Crippen LogP contribution is -2.50. The van der Waals surface area contributed by atoms with Gasteiger partial charge in [-0.25, -0.2) is 0 Å². The summed E-state index contributed by atoms with van der Waals surface area (Å²) in [5, 5.41) is 0. The lowest BCUT2D eigenvalue weighted by Gasteiger charge is -2.47. The van der Waals surface area contributed by atoms with Gasteiger partial charge in [-0.2, -0.15) is 0 Å².